The Kier molecular flexibility index (Phi) is 99.3. The van der Waals surface area contributed by atoms with Crippen molar-refractivity contribution in [1.29, 1.82) is 0 Å². The van der Waals surface area contributed by atoms with Crippen LogP contribution in [-0.2, 0) is 55.8 Å². The largest absolute Gasteiger partial charge is 0.472 e. The SMILES string of the molecule is CC/C=C\C/C=C\C/C=C\C/C=C\C/C=C\C/C=C\CCCCCCCCCCCCC(=O)OC(COC(=O)CCCCCCCCCCCCCCCCCCC/C=C\C/C=C\C/C=C\C/C=C\CCCCC)COP(=O)(O)OCC(O)COP(=O)(O)OCC(O)COC(=O)CCCCCCCCCCCCCCCCCCC/C=C\C/C=C\C/C=C\C/C=C\C/C=C\CC. The van der Waals surface area contributed by atoms with E-state index in [0.717, 1.165) is 161 Å². The summed E-state index contributed by atoms with van der Waals surface area (Å²) >= 11 is 0. The van der Waals surface area contributed by atoms with E-state index in [4.69, 9.17) is 32.3 Å². The normalized spacial score (nSPS) is 14.3. The number of phosphoric ester groups is 2. The van der Waals surface area contributed by atoms with Crippen molar-refractivity contribution in [3.63, 3.8) is 0 Å². The van der Waals surface area contributed by atoms with E-state index in [2.05, 4.69) is 203 Å². The van der Waals surface area contributed by atoms with Crippen LogP contribution in [0.5, 0.6) is 0 Å². The Bertz CT molecular complexity index is 3110. The van der Waals surface area contributed by atoms with Gasteiger partial charge >= 0.3 is 33.6 Å². The Morgan fingerprint density at radius 2 is 0.405 bits per heavy atom. The summed E-state index contributed by atoms with van der Waals surface area (Å²) in [6.45, 7) is 2.50. The monoisotopic (exact) mass is 1870 g/mol. The van der Waals surface area contributed by atoms with Crippen LogP contribution >= 0.6 is 15.6 Å². The van der Waals surface area contributed by atoms with Gasteiger partial charge in [0, 0.05) is 19.3 Å². The predicted molar refractivity (Wildman–Crippen MR) is 555 cm³/mol. The third-order valence-corrected chi connectivity index (χ3v) is 24.5. The van der Waals surface area contributed by atoms with E-state index in [1.807, 2.05) is 0 Å². The molecule has 0 aromatic heterocycles. The molecule has 0 aromatic carbocycles. The number of rotatable bonds is 100. The second-order valence-corrected chi connectivity index (χ2v) is 38.2. The zero-order valence-corrected chi connectivity index (χ0v) is 85.2. The summed E-state index contributed by atoms with van der Waals surface area (Å²) < 4.78 is 61.8. The fraction of sp³-hybridized carbons (Fsp3) is 0.708. The van der Waals surface area contributed by atoms with Gasteiger partial charge in [0.15, 0.2) is 6.10 Å². The first-order valence-electron chi connectivity index (χ1n) is 53.1. The molecule has 0 radical (unpaired) electrons. The molecule has 0 rings (SSSR count). The Morgan fingerprint density at radius 1 is 0.221 bits per heavy atom. The molecular weight excluding hydrogens is 1680 g/mol. The molecule has 4 N–H and O–H groups in total. The zero-order valence-electron chi connectivity index (χ0n) is 83.5. The van der Waals surface area contributed by atoms with Gasteiger partial charge in [-0.1, -0.05) is 460 Å². The fourth-order valence-corrected chi connectivity index (χ4v) is 16.2. The molecule has 5 unspecified atom stereocenters. The van der Waals surface area contributed by atoms with Gasteiger partial charge in [-0.2, -0.15) is 0 Å². The van der Waals surface area contributed by atoms with Crippen LogP contribution < -0.4 is 0 Å². The molecule has 16 nitrogen and oxygen atoms in total. The zero-order chi connectivity index (χ0) is 95.0. The van der Waals surface area contributed by atoms with Crippen LogP contribution in [0.4, 0.5) is 0 Å². The summed E-state index contributed by atoms with van der Waals surface area (Å²) in [6, 6.07) is 0. The van der Waals surface area contributed by atoms with E-state index in [-0.39, 0.29) is 19.3 Å². The molecule has 0 heterocycles. The van der Waals surface area contributed by atoms with Crippen LogP contribution in [0.2, 0.25) is 0 Å². The van der Waals surface area contributed by atoms with Crippen molar-refractivity contribution in [1.82, 2.24) is 0 Å². The van der Waals surface area contributed by atoms with Crippen LogP contribution in [0, 0.1) is 0 Å². The molecule has 0 aliphatic heterocycles. The Balaban J connectivity index is 4.61. The van der Waals surface area contributed by atoms with Gasteiger partial charge in [0.2, 0.25) is 0 Å². The molecule has 0 fully saturated rings. The first kappa shape index (κ1) is 126. The Labute approximate surface area is 802 Å². The van der Waals surface area contributed by atoms with Crippen molar-refractivity contribution < 1.29 is 75.8 Å². The summed E-state index contributed by atoms with van der Waals surface area (Å²) in [4.78, 5) is 59.3. The summed E-state index contributed by atoms with van der Waals surface area (Å²) in [5.74, 6) is -1.56. The van der Waals surface area contributed by atoms with E-state index in [1.54, 1.807) is 0 Å². The minimum absolute atomic E-state index is 0.0957. The average molecular weight is 1870 g/mol. The standard InChI is InChI=1S/C113H194O16P2/c1-4-7-10-13-16-19-22-25-28-31-34-37-40-43-46-49-51-53-55-58-60-63-66-69-72-75-78-81-84-87-90-93-96-99-111(116)123-102-108(114)103-125-130(119,120)126-104-109(115)105-127-131(121,122)128-107-110(129-113(118)101-98-95-92-89-86-83-80-77-74-71-68-65-62-57-48-45-42-39-36-33-30-27-24-21-18-15-12-9-6-3)106-124-112(117)100-97-94-91-88-85-82-79-76-73-70-67-64-61-59-56-54-52-50-47-44-41-38-35-32-29-26-23-20-17-14-11-8-5-2/h7,9-10,12,16-21,25-30,34-39,43-48,62,65,108-110,114-115H,4-6,8,11,13-15,22-24,31-33,40-42,49-61,63-64,66-107H2,1-3H3,(H,119,120)(H,121,122)/b10-7-,12-9-,19-16-,20-17-,21-18-,28-25-,29-26-,30-27-,37-34-,38-35-,39-36-,46-43-,47-44-,48-45-,65-62-. The molecule has 0 spiro atoms. The maximum Gasteiger partial charge on any atom is 0.472 e. The fourth-order valence-electron chi connectivity index (χ4n) is 14.7. The first-order chi connectivity index (χ1) is 64.2. The molecule has 0 saturated heterocycles. The van der Waals surface area contributed by atoms with Crippen LogP contribution in [0.1, 0.15) is 457 Å². The van der Waals surface area contributed by atoms with Crippen LogP contribution in [0.3, 0.4) is 0 Å². The molecule has 0 aliphatic rings. The number of hydrogen-bond donors (Lipinski definition) is 4. The van der Waals surface area contributed by atoms with E-state index in [0.29, 0.717) is 19.3 Å². The number of ether oxygens (including phenoxy) is 3. The molecule has 131 heavy (non-hydrogen) atoms. The van der Waals surface area contributed by atoms with Crippen molar-refractivity contribution in [3.05, 3.63) is 182 Å². The van der Waals surface area contributed by atoms with Crippen molar-refractivity contribution >= 4 is 33.6 Å². The second-order valence-electron chi connectivity index (χ2n) is 35.3. The van der Waals surface area contributed by atoms with Gasteiger partial charge < -0.3 is 34.2 Å². The van der Waals surface area contributed by atoms with Crippen molar-refractivity contribution in [3.8, 4) is 0 Å². The number of carbonyl (C=O) groups is 3. The number of unbranched alkanes of at least 4 members (excludes halogenated alkanes) is 47. The van der Waals surface area contributed by atoms with Crippen LogP contribution in [-0.4, -0.2) is 95.9 Å². The number of allylic oxidation sites excluding steroid dienone is 30. The van der Waals surface area contributed by atoms with E-state index in [1.165, 1.54) is 238 Å². The number of esters is 3. The van der Waals surface area contributed by atoms with Gasteiger partial charge in [0.05, 0.1) is 26.4 Å². The topological polar surface area (TPSA) is 231 Å². The van der Waals surface area contributed by atoms with Crippen molar-refractivity contribution in [2.24, 2.45) is 0 Å². The maximum atomic E-state index is 13.1. The van der Waals surface area contributed by atoms with Crippen molar-refractivity contribution in [2.75, 3.05) is 39.6 Å². The number of aliphatic hydroxyl groups excluding tert-OH is 2. The van der Waals surface area contributed by atoms with Gasteiger partial charge in [0.25, 0.3) is 0 Å². The van der Waals surface area contributed by atoms with E-state index in [9.17, 15) is 43.5 Å². The summed E-state index contributed by atoms with van der Waals surface area (Å²) in [6.07, 6.45) is 138. The van der Waals surface area contributed by atoms with Crippen LogP contribution in [0.15, 0.2) is 182 Å². The van der Waals surface area contributed by atoms with E-state index >= 15 is 0 Å². The smallest absolute Gasteiger partial charge is 0.463 e. The maximum absolute atomic E-state index is 13.1. The van der Waals surface area contributed by atoms with Crippen molar-refractivity contribution in [2.45, 2.75) is 476 Å². The van der Waals surface area contributed by atoms with Gasteiger partial charge in [-0.25, -0.2) is 9.13 Å². The number of phosphoric acid groups is 2. The van der Waals surface area contributed by atoms with Gasteiger partial charge in [-0.15, -0.1) is 0 Å². The van der Waals surface area contributed by atoms with Gasteiger partial charge in [-0.05, 0) is 161 Å². The van der Waals surface area contributed by atoms with Gasteiger partial charge in [0.1, 0.15) is 25.4 Å². The highest BCUT2D eigenvalue weighted by atomic mass is 31.2. The summed E-state index contributed by atoms with van der Waals surface area (Å²) in [5.41, 5.74) is 0. The Hall–Kier alpha value is -5.35. The third kappa shape index (κ3) is 105. The Morgan fingerprint density at radius 3 is 0.641 bits per heavy atom. The number of aliphatic hydroxyl groups is 2. The second kappa shape index (κ2) is 104. The lowest BCUT2D eigenvalue weighted by molar-refractivity contribution is -0.161. The van der Waals surface area contributed by atoms with Crippen LogP contribution in [0.25, 0.3) is 0 Å². The van der Waals surface area contributed by atoms with Gasteiger partial charge in [-0.3, -0.25) is 32.5 Å². The molecular formula is C113H194O16P2. The number of carbonyl (C=O) groups excluding carboxylic acids is 3. The molecule has 0 bridgehead atoms. The molecule has 0 aromatic rings. The van der Waals surface area contributed by atoms with E-state index < -0.39 is 91.5 Å². The summed E-state index contributed by atoms with van der Waals surface area (Å²) in [5, 5.41) is 20.8. The highest BCUT2D eigenvalue weighted by Crippen LogP contribution is 2.45. The molecule has 0 amide bonds. The number of hydrogen-bond acceptors (Lipinski definition) is 14. The molecule has 0 aliphatic carbocycles. The minimum atomic E-state index is -4.95. The third-order valence-electron chi connectivity index (χ3n) is 22.6. The highest BCUT2D eigenvalue weighted by Gasteiger charge is 2.30. The average Bonchev–Trinajstić information content (AvgIpc) is 0.897. The highest BCUT2D eigenvalue weighted by molar-refractivity contribution is 7.47. The molecule has 18 heteroatoms. The lowest BCUT2D eigenvalue weighted by atomic mass is 10.0. The predicted octanol–water partition coefficient (Wildman–Crippen LogP) is 33.9. The molecule has 0 saturated carbocycles. The lowest BCUT2D eigenvalue weighted by Gasteiger charge is -2.21. The first-order valence-corrected chi connectivity index (χ1v) is 56.1. The quantitative estimate of drug-likeness (QED) is 0.0146. The summed E-state index contributed by atoms with van der Waals surface area (Å²) in [7, 11) is -9.82. The lowest BCUT2D eigenvalue weighted by Crippen LogP contribution is -2.30. The minimum Gasteiger partial charge on any atom is -0.463 e. The molecule has 752 valence electrons. The molecule has 5 atom stereocenters.